The maximum absolute atomic E-state index is 11.0. The number of anilines is 1. The Morgan fingerprint density at radius 2 is 2.26 bits per heavy atom. The van der Waals surface area contributed by atoms with Crippen LogP contribution in [0.2, 0.25) is 0 Å². The monoisotopic (exact) mass is 259 g/mol. The van der Waals surface area contributed by atoms with Gasteiger partial charge in [0.25, 0.3) is 0 Å². The molecule has 1 saturated carbocycles. The molecule has 1 aromatic rings. The number of aliphatic carboxylic acids is 1. The van der Waals surface area contributed by atoms with Crippen molar-refractivity contribution in [2.24, 2.45) is 0 Å². The van der Waals surface area contributed by atoms with E-state index in [2.05, 4.69) is 16.4 Å². The van der Waals surface area contributed by atoms with Crippen LogP contribution in [0.3, 0.4) is 0 Å². The second kappa shape index (κ2) is 4.88. The van der Waals surface area contributed by atoms with Gasteiger partial charge < -0.3 is 10.4 Å². The fourth-order valence-corrected chi connectivity index (χ4v) is 2.59. The van der Waals surface area contributed by atoms with E-state index in [4.69, 9.17) is 5.11 Å². The van der Waals surface area contributed by atoms with Crippen molar-refractivity contribution in [2.45, 2.75) is 45.1 Å². The Hall–Kier alpha value is -2.09. The third-order valence-corrected chi connectivity index (χ3v) is 3.64. The number of hydrogen-bond donors (Lipinski definition) is 2. The molecule has 1 aliphatic rings. The van der Waals surface area contributed by atoms with Crippen molar-refractivity contribution in [3.05, 3.63) is 23.0 Å². The summed E-state index contributed by atoms with van der Waals surface area (Å²) in [5.41, 5.74) is 2.30. The quantitative estimate of drug-likeness (QED) is 0.867. The first-order valence-electron chi connectivity index (χ1n) is 6.34. The van der Waals surface area contributed by atoms with Crippen LogP contribution in [0.4, 0.5) is 5.69 Å². The number of aromatic nitrogens is 1. The van der Waals surface area contributed by atoms with E-state index in [0.717, 1.165) is 25.0 Å². The molecule has 2 rings (SSSR count). The number of hydrogen-bond acceptors (Lipinski definition) is 4. The molecule has 1 heterocycles. The van der Waals surface area contributed by atoms with Gasteiger partial charge in [-0.2, -0.15) is 5.26 Å². The SMILES string of the molecule is Cc1cc(NC2(CC(=O)O)CCC2)c(C#N)c(C)n1. The predicted molar refractivity (Wildman–Crippen MR) is 70.9 cm³/mol. The van der Waals surface area contributed by atoms with Crippen molar-refractivity contribution in [3.8, 4) is 6.07 Å². The van der Waals surface area contributed by atoms with Crippen molar-refractivity contribution in [3.63, 3.8) is 0 Å². The minimum absolute atomic E-state index is 0.0816. The third kappa shape index (κ3) is 2.68. The maximum Gasteiger partial charge on any atom is 0.305 e. The van der Waals surface area contributed by atoms with Crippen LogP contribution < -0.4 is 5.32 Å². The highest BCUT2D eigenvalue weighted by atomic mass is 16.4. The Balaban J connectivity index is 2.32. The minimum atomic E-state index is -0.812. The number of carbonyl (C=O) groups is 1. The molecular weight excluding hydrogens is 242 g/mol. The molecule has 0 aliphatic heterocycles. The van der Waals surface area contributed by atoms with Gasteiger partial charge in [0.2, 0.25) is 0 Å². The first-order chi connectivity index (χ1) is 8.96. The van der Waals surface area contributed by atoms with Gasteiger partial charge in [-0.1, -0.05) is 0 Å². The minimum Gasteiger partial charge on any atom is -0.481 e. The largest absolute Gasteiger partial charge is 0.481 e. The van der Waals surface area contributed by atoms with Gasteiger partial charge in [0.1, 0.15) is 6.07 Å². The molecule has 1 aliphatic carbocycles. The van der Waals surface area contributed by atoms with Crippen molar-refractivity contribution in [1.82, 2.24) is 4.98 Å². The normalized spacial score (nSPS) is 16.3. The van der Waals surface area contributed by atoms with E-state index in [-0.39, 0.29) is 6.42 Å². The van der Waals surface area contributed by atoms with Crippen LogP contribution in [-0.2, 0) is 4.79 Å². The summed E-state index contributed by atoms with van der Waals surface area (Å²) in [5.74, 6) is -0.812. The Morgan fingerprint density at radius 1 is 1.58 bits per heavy atom. The molecule has 100 valence electrons. The van der Waals surface area contributed by atoms with Crippen molar-refractivity contribution >= 4 is 11.7 Å². The van der Waals surface area contributed by atoms with Crippen LogP contribution in [-0.4, -0.2) is 21.6 Å². The molecule has 0 saturated heterocycles. The molecule has 0 unspecified atom stereocenters. The highest BCUT2D eigenvalue weighted by Gasteiger charge is 2.39. The van der Waals surface area contributed by atoms with Gasteiger partial charge in [-0.05, 0) is 39.2 Å². The highest BCUT2D eigenvalue weighted by molar-refractivity contribution is 5.71. The molecule has 0 atom stereocenters. The van der Waals surface area contributed by atoms with Gasteiger partial charge in [-0.15, -0.1) is 0 Å². The third-order valence-electron chi connectivity index (χ3n) is 3.64. The number of pyridine rings is 1. The van der Waals surface area contributed by atoms with E-state index in [1.807, 2.05) is 13.0 Å². The van der Waals surface area contributed by atoms with E-state index in [1.54, 1.807) is 6.92 Å². The molecule has 5 nitrogen and oxygen atoms in total. The van der Waals surface area contributed by atoms with E-state index in [0.29, 0.717) is 16.9 Å². The van der Waals surface area contributed by atoms with Crippen molar-refractivity contribution in [2.75, 3.05) is 5.32 Å². The molecule has 0 radical (unpaired) electrons. The van der Waals surface area contributed by atoms with Crippen LogP contribution in [0.15, 0.2) is 6.07 Å². The second-order valence-corrected chi connectivity index (χ2v) is 5.21. The van der Waals surface area contributed by atoms with Crippen LogP contribution in [0.1, 0.15) is 42.6 Å². The molecule has 19 heavy (non-hydrogen) atoms. The number of rotatable bonds is 4. The summed E-state index contributed by atoms with van der Waals surface area (Å²) >= 11 is 0. The zero-order chi connectivity index (χ0) is 14.0. The Kier molecular flexibility index (Phi) is 3.43. The lowest BCUT2D eigenvalue weighted by molar-refractivity contribution is -0.138. The number of nitriles is 1. The van der Waals surface area contributed by atoms with Gasteiger partial charge in [-0.3, -0.25) is 9.78 Å². The number of carboxylic acid groups (broad SMARTS) is 1. The fourth-order valence-electron chi connectivity index (χ4n) is 2.59. The lowest BCUT2D eigenvalue weighted by atomic mass is 9.74. The topological polar surface area (TPSA) is 86.0 Å². The van der Waals surface area contributed by atoms with Crippen molar-refractivity contribution < 1.29 is 9.90 Å². The van der Waals surface area contributed by atoms with Gasteiger partial charge in [0, 0.05) is 11.2 Å². The zero-order valence-corrected chi connectivity index (χ0v) is 11.2. The predicted octanol–water partition coefficient (Wildman–Crippen LogP) is 2.38. The summed E-state index contributed by atoms with van der Waals surface area (Å²) in [7, 11) is 0. The first-order valence-corrected chi connectivity index (χ1v) is 6.34. The lowest BCUT2D eigenvalue weighted by Crippen LogP contribution is -2.47. The van der Waals surface area contributed by atoms with Crippen molar-refractivity contribution in [1.29, 1.82) is 5.26 Å². The smallest absolute Gasteiger partial charge is 0.305 e. The average molecular weight is 259 g/mol. The molecule has 1 fully saturated rings. The van der Waals surface area contributed by atoms with E-state index in [1.165, 1.54) is 0 Å². The van der Waals surface area contributed by atoms with Gasteiger partial charge in [0.15, 0.2) is 0 Å². The summed E-state index contributed by atoms with van der Waals surface area (Å²) < 4.78 is 0. The molecule has 0 bridgehead atoms. The van der Waals surface area contributed by atoms with Gasteiger partial charge in [0.05, 0.1) is 23.4 Å². The number of nitrogens with zero attached hydrogens (tertiary/aromatic N) is 2. The number of nitrogens with one attached hydrogen (secondary N) is 1. The molecule has 0 aromatic carbocycles. The summed E-state index contributed by atoms with van der Waals surface area (Å²) in [6.07, 6.45) is 2.75. The Labute approximate surface area is 112 Å². The summed E-state index contributed by atoms with van der Waals surface area (Å²) in [6, 6.07) is 3.96. The molecule has 2 N–H and O–H groups in total. The van der Waals surface area contributed by atoms with E-state index < -0.39 is 11.5 Å². The Morgan fingerprint density at radius 3 is 2.74 bits per heavy atom. The first kappa shape index (κ1) is 13.3. The standard InChI is InChI=1S/C14H17N3O2/c1-9-6-12(11(8-15)10(2)16-9)17-14(4-3-5-14)7-13(18)19/h6H,3-5,7H2,1-2H3,(H,16,17)(H,18,19). The molecule has 0 amide bonds. The summed E-state index contributed by atoms with van der Waals surface area (Å²) in [6.45, 7) is 3.66. The molecule has 0 spiro atoms. The summed E-state index contributed by atoms with van der Waals surface area (Å²) in [5, 5.41) is 21.5. The van der Waals surface area contributed by atoms with Crippen LogP contribution in [0.25, 0.3) is 0 Å². The number of carboxylic acids is 1. The molecular formula is C14H17N3O2. The lowest BCUT2D eigenvalue weighted by Gasteiger charge is -2.42. The fraction of sp³-hybridized carbons (Fsp3) is 0.500. The average Bonchev–Trinajstić information content (AvgIpc) is 2.24. The van der Waals surface area contributed by atoms with Gasteiger partial charge in [-0.25, -0.2) is 0 Å². The van der Waals surface area contributed by atoms with Crippen LogP contribution in [0.5, 0.6) is 0 Å². The zero-order valence-electron chi connectivity index (χ0n) is 11.2. The summed E-state index contributed by atoms with van der Waals surface area (Å²) in [4.78, 5) is 15.2. The second-order valence-electron chi connectivity index (χ2n) is 5.21. The van der Waals surface area contributed by atoms with Gasteiger partial charge >= 0.3 is 5.97 Å². The Bertz CT molecular complexity index is 557. The van der Waals surface area contributed by atoms with Crippen LogP contribution in [0, 0.1) is 25.2 Å². The number of aryl methyl sites for hydroxylation is 2. The highest BCUT2D eigenvalue weighted by Crippen LogP contribution is 2.39. The molecule has 5 heteroatoms. The van der Waals surface area contributed by atoms with E-state index in [9.17, 15) is 10.1 Å². The molecule has 1 aromatic heterocycles. The van der Waals surface area contributed by atoms with Crippen LogP contribution >= 0.6 is 0 Å². The maximum atomic E-state index is 11.0. The van der Waals surface area contributed by atoms with E-state index >= 15 is 0 Å².